The van der Waals surface area contributed by atoms with Crippen molar-refractivity contribution < 1.29 is 16.8 Å². The van der Waals surface area contributed by atoms with Crippen molar-refractivity contribution in [2.45, 2.75) is 25.7 Å². The van der Waals surface area contributed by atoms with E-state index in [0.717, 1.165) is 5.46 Å². The van der Waals surface area contributed by atoms with Crippen LogP contribution >= 0.6 is 0 Å². The van der Waals surface area contributed by atoms with Gasteiger partial charge in [-0.05, 0) is 51.4 Å². The largest absolute Gasteiger partial charge is 0.113 e. The molecule has 2 rings (SSSR count). The van der Waals surface area contributed by atoms with Crippen LogP contribution in [0.3, 0.4) is 0 Å². The van der Waals surface area contributed by atoms with Crippen LogP contribution < -0.4 is 5.46 Å². The summed E-state index contributed by atoms with van der Waals surface area (Å²) < 4.78 is 0. The zero-order chi connectivity index (χ0) is 10.8. The van der Waals surface area contributed by atoms with Gasteiger partial charge in [-0.2, -0.15) is 0 Å². The van der Waals surface area contributed by atoms with Gasteiger partial charge < -0.3 is 0 Å². The normalized spacial score (nSPS) is 15.8. The van der Waals surface area contributed by atoms with Crippen molar-refractivity contribution in [3.05, 3.63) is 56.0 Å². The molecule has 16 heavy (non-hydrogen) atoms. The maximum Gasteiger partial charge on any atom is 0.113 e. The summed E-state index contributed by atoms with van der Waals surface area (Å²) >= 11 is 0. The Bertz CT molecular complexity index is 212. The Hall–Kier alpha value is -0.209. The van der Waals surface area contributed by atoms with Gasteiger partial charge in [-0.25, -0.2) is 0 Å². The third-order valence-electron chi connectivity index (χ3n) is 2.13. The van der Waals surface area contributed by atoms with Crippen LogP contribution in [-0.2, 0) is 16.8 Å². The van der Waals surface area contributed by atoms with Gasteiger partial charge in [0.25, 0.3) is 0 Å². The SMILES string of the molecule is [B]c1ccccc1.[CH]1[CH]CC[CH][CH]CC1.[Co]. The summed E-state index contributed by atoms with van der Waals surface area (Å²) in [5.41, 5.74) is 0.822. The van der Waals surface area contributed by atoms with E-state index in [4.69, 9.17) is 7.85 Å². The first-order valence-electron chi connectivity index (χ1n) is 5.50. The van der Waals surface area contributed by atoms with Gasteiger partial charge in [-0.15, -0.1) is 0 Å². The van der Waals surface area contributed by atoms with Gasteiger partial charge in [0.1, 0.15) is 7.85 Å². The fourth-order valence-corrected chi connectivity index (χ4v) is 1.31. The van der Waals surface area contributed by atoms with Crippen LogP contribution in [0.2, 0.25) is 0 Å². The number of rotatable bonds is 0. The predicted molar refractivity (Wildman–Crippen MR) is 67.5 cm³/mol. The van der Waals surface area contributed by atoms with Gasteiger partial charge in [0.2, 0.25) is 0 Å². The number of hydrogen-bond donors (Lipinski definition) is 0. The monoisotopic (exact) mass is 255 g/mol. The molecule has 0 aromatic heterocycles. The van der Waals surface area contributed by atoms with Gasteiger partial charge in [0, 0.05) is 16.8 Å². The van der Waals surface area contributed by atoms with E-state index in [1.807, 2.05) is 30.3 Å². The minimum absolute atomic E-state index is 0. The molecule has 0 saturated heterocycles. The molecule has 0 atom stereocenters. The van der Waals surface area contributed by atoms with Crippen molar-refractivity contribution in [2.75, 3.05) is 0 Å². The van der Waals surface area contributed by atoms with Crippen LogP contribution in [0.15, 0.2) is 30.3 Å². The Kier molecular flexibility index (Phi) is 11.1. The summed E-state index contributed by atoms with van der Waals surface area (Å²) in [5, 5.41) is 0. The quantitative estimate of drug-likeness (QED) is 0.625. The molecule has 1 fully saturated rings. The van der Waals surface area contributed by atoms with Crippen LogP contribution in [0.4, 0.5) is 0 Å². The number of hydrogen-bond acceptors (Lipinski definition) is 0. The molecule has 1 aromatic carbocycles. The second-order valence-corrected chi connectivity index (χ2v) is 3.51. The van der Waals surface area contributed by atoms with Gasteiger partial charge in [0.05, 0.1) is 0 Å². The zero-order valence-electron chi connectivity index (χ0n) is 9.44. The Morgan fingerprint density at radius 2 is 1.06 bits per heavy atom. The second-order valence-electron chi connectivity index (χ2n) is 3.51. The second kappa shape index (κ2) is 11.3. The summed E-state index contributed by atoms with van der Waals surface area (Å²) in [5.74, 6) is 0. The molecule has 85 valence electrons. The van der Waals surface area contributed by atoms with Gasteiger partial charge >= 0.3 is 0 Å². The van der Waals surface area contributed by atoms with Crippen molar-refractivity contribution in [1.82, 2.24) is 0 Å². The molecule has 1 aromatic rings. The summed E-state index contributed by atoms with van der Waals surface area (Å²) in [6.07, 6.45) is 14.0. The van der Waals surface area contributed by atoms with Crippen molar-refractivity contribution in [3.8, 4) is 0 Å². The van der Waals surface area contributed by atoms with E-state index < -0.39 is 0 Å². The molecule has 1 aliphatic rings. The molecule has 7 radical (unpaired) electrons. The molecule has 0 bridgehead atoms. The van der Waals surface area contributed by atoms with E-state index in [-0.39, 0.29) is 16.8 Å². The molecule has 0 unspecified atom stereocenters. The molecule has 1 saturated carbocycles. The maximum absolute atomic E-state index is 5.36. The van der Waals surface area contributed by atoms with Crippen molar-refractivity contribution in [2.24, 2.45) is 0 Å². The number of benzene rings is 1. The summed E-state index contributed by atoms with van der Waals surface area (Å²) in [7, 11) is 5.36. The smallest absolute Gasteiger partial charge is 0.0967 e. The van der Waals surface area contributed by atoms with E-state index >= 15 is 0 Å². The molecule has 1 aliphatic carbocycles. The Morgan fingerprint density at radius 3 is 1.31 bits per heavy atom. The van der Waals surface area contributed by atoms with Gasteiger partial charge in [-0.3, -0.25) is 0 Å². The van der Waals surface area contributed by atoms with E-state index in [9.17, 15) is 0 Å². The maximum atomic E-state index is 5.36. The van der Waals surface area contributed by atoms with Crippen molar-refractivity contribution in [3.63, 3.8) is 0 Å². The Morgan fingerprint density at radius 1 is 0.688 bits per heavy atom. The summed E-state index contributed by atoms with van der Waals surface area (Å²) in [4.78, 5) is 0. The fourth-order valence-electron chi connectivity index (χ4n) is 1.31. The molecule has 0 amide bonds. The molecular weight excluding hydrogens is 238 g/mol. The minimum Gasteiger partial charge on any atom is -0.0967 e. The Balaban J connectivity index is 0.000000267. The summed E-state index contributed by atoms with van der Waals surface area (Å²) in [6, 6.07) is 9.49. The molecule has 0 nitrogen and oxygen atoms in total. The zero-order valence-corrected chi connectivity index (χ0v) is 10.5. The van der Waals surface area contributed by atoms with E-state index in [2.05, 4.69) is 25.7 Å². The molecule has 0 spiro atoms. The van der Waals surface area contributed by atoms with E-state index in [1.54, 1.807) is 0 Å². The first-order chi connectivity index (χ1) is 7.39. The predicted octanol–water partition coefficient (Wildman–Crippen LogP) is 2.86. The van der Waals surface area contributed by atoms with Crippen molar-refractivity contribution >= 4 is 13.3 Å². The minimum atomic E-state index is 0. The van der Waals surface area contributed by atoms with Crippen LogP contribution in [0, 0.1) is 25.7 Å². The molecule has 0 aliphatic heterocycles. The average Bonchev–Trinajstić information content (AvgIpc) is 2.18. The standard InChI is InChI=1S/C8H12.C6H5B.Co/c1-2-4-6-8-7-5-3-1;7-6-4-2-1-3-5-6;/h1-2,7-8H,3-6H2;1-5H;. The topological polar surface area (TPSA) is 0 Å². The third kappa shape index (κ3) is 9.05. The first-order valence-corrected chi connectivity index (χ1v) is 5.50. The molecule has 0 heterocycles. The van der Waals surface area contributed by atoms with Crippen LogP contribution in [0.1, 0.15) is 25.7 Å². The van der Waals surface area contributed by atoms with Crippen LogP contribution in [0.5, 0.6) is 0 Å². The third-order valence-corrected chi connectivity index (χ3v) is 2.13. The summed E-state index contributed by atoms with van der Waals surface area (Å²) in [6.45, 7) is 0. The van der Waals surface area contributed by atoms with Crippen molar-refractivity contribution in [1.29, 1.82) is 0 Å². The van der Waals surface area contributed by atoms with E-state index in [1.165, 1.54) is 25.7 Å². The first kappa shape index (κ1) is 15.8. The fraction of sp³-hybridized carbons (Fsp3) is 0.286. The van der Waals surface area contributed by atoms with Gasteiger partial charge in [-0.1, -0.05) is 35.8 Å². The molecule has 0 N–H and O–H groups in total. The molecular formula is C14H17BCo. The van der Waals surface area contributed by atoms with Gasteiger partial charge in [0.15, 0.2) is 0 Å². The Labute approximate surface area is 112 Å². The average molecular weight is 255 g/mol. The molecule has 2 heteroatoms. The van der Waals surface area contributed by atoms with Crippen LogP contribution in [0.25, 0.3) is 0 Å². The van der Waals surface area contributed by atoms with E-state index in [0.29, 0.717) is 0 Å². The van der Waals surface area contributed by atoms with Crippen LogP contribution in [-0.4, -0.2) is 7.85 Å².